The largest absolute Gasteiger partial charge is 0.478 e. The summed E-state index contributed by atoms with van der Waals surface area (Å²) in [6.07, 6.45) is 4.29. The third-order valence-corrected chi connectivity index (χ3v) is 9.37. The molecule has 0 radical (unpaired) electrons. The number of likely N-dealkylation sites (tertiary alicyclic amines) is 1. The molecule has 1 amide bonds. The van der Waals surface area contributed by atoms with Gasteiger partial charge in [-0.25, -0.2) is 13.2 Å². The molecule has 2 saturated heterocycles. The number of carbonyl (C=O) groups excluding carboxylic acids is 1. The number of hydrogen-bond donors (Lipinski definition) is 3. The van der Waals surface area contributed by atoms with Crippen molar-refractivity contribution in [1.29, 1.82) is 0 Å². The Hall–Kier alpha value is -2.63. The van der Waals surface area contributed by atoms with Crippen molar-refractivity contribution in [3.63, 3.8) is 0 Å². The summed E-state index contributed by atoms with van der Waals surface area (Å²) in [5.41, 5.74) is 5.84. The fourth-order valence-electron chi connectivity index (χ4n) is 4.83. The molecule has 0 bridgehead atoms. The summed E-state index contributed by atoms with van der Waals surface area (Å²) in [4.78, 5) is 28.6. The molecule has 11 heteroatoms. The van der Waals surface area contributed by atoms with E-state index in [4.69, 9.17) is 5.73 Å². The zero-order valence-corrected chi connectivity index (χ0v) is 19.8. The SMILES string of the molecule is NC(=O)C1(N2CCCCC2)CCN(c2ccc(NS(=O)(=O)c3cccs3)cc2C(=O)O)CC1. The number of carboxylic acids is 1. The molecule has 0 saturated carbocycles. The summed E-state index contributed by atoms with van der Waals surface area (Å²) in [6, 6.07) is 7.64. The minimum Gasteiger partial charge on any atom is -0.478 e. The van der Waals surface area contributed by atoms with E-state index < -0.39 is 21.5 Å². The first-order valence-corrected chi connectivity index (χ1v) is 13.3. The number of aromatic carboxylic acids is 1. The van der Waals surface area contributed by atoms with Gasteiger partial charge in [0.2, 0.25) is 5.91 Å². The number of rotatable bonds is 7. The molecule has 3 heterocycles. The summed E-state index contributed by atoms with van der Waals surface area (Å²) in [7, 11) is -3.78. The highest BCUT2D eigenvalue weighted by atomic mass is 32.2. The lowest BCUT2D eigenvalue weighted by Crippen LogP contribution is -2.63. The van der Waals surface area contributed by atoms with Crippen molar-refractivity contribution in [2.45, 2.75) is 41.9 Å². The molecule has 0 atom stereocenters. The summed E-state index contributed by atoms with van der Waals surface area (Å²) < 4.78 is 27.6. The summed E-state index contributed by atoms with van der Waals surface area (Å²) in [5.74, 6) is -1.47. The number of nitrogens with zero attached hydrogens (tertiary/aromatic N) is 2. The van der Waals surface area contributed by atoms with Gasteiger partial charge in [-0.1, -0.05) is 12.5 Å². The molecule has 33 heavy (non-hydrogen) atoms. The van der Waals surface area contributed by atoms with Crippen molar-refractivity contribution in [1.82, 2.24) is 4.90 Å². The Balaban J connectivity index is 1.54. The lowest BCUT2D eigenvalue weighted by molar-refractivity contribution is -0.132. The van der Waals surface area contributed by atoms with Gasteiger partial charge in [-0.2, -0.15) is 0 Å². The fourth-order valence-corrected chi connectivity index (χ4v) is 6.87. The summed E-state index contributed by atoms with van der Waals surface area (Å²) in [5, 5.41) is 11.5. The monoisotopic (exact) mass is 492 g/mol. The number of hydrogen-bond acceptors (Lipinski definition) is 7. The van der Waals surface area contributed by atoms with Gasteiger partial charge in [0.05, 0.1) is 11.3 Å². The van der Waals surface area contributed by atoms with Crippen molar-refractivity contribution < 1.29 is 23.1 Å². The maximum atomic E-state index is 12.5. The molecule has 4 N–H and O–H groups in total. The molecule has 1 aromatic heterocycles. The van der Waals surface area contributed by atoms with E-state index >= 15 is 0 Å². The van der Waals surface area contributed by atoms with Crippen LogP contribution in [-0.2, 0) is 14.8 Å². The van der Waals surface area contributed by atoms with Gasteiger partial charge in [0, 0.05) is 18.8 Å². The van der Waals surface area contributed by atoms with E-state index in [1.165, 1.54) is 12.1 Å². The van der Waals surface area contributed by atoms with Gasteiger partial charge in [0.15, 0.2) is 0 Å². The Morgan fingerprint density at radius 2 is 1.76 bits per heavy atom. The molecule has 0 aliphatic carbocycles. The average Bonchev–Trinajstić information content (AvgIpc) is 3.35. The van der Waals surface area contributed by atoms with Crippen LogP contribution in [0, 0.1) is 0 Å². The third-order valence-electron chi connectivity index (χ3n) is 6.59. The van der Waals surface area contributed by atoms with Crippen LogP contribution in [0.4, 0.5) is 11.4 Å². The maximum absolute atomic E-state index is 12.5. The van der Waals surface area contributed by atoms with Crippen molar-refractivity contribution in [2.75, 3.05) is 35.8 Å². The predicted molar refractivity (Wildman–Crippen MR) is 127 cm³/mol. The average molecular weight is 493 g/mol. The number of primary amides is 1. The zero-order chi connectivity index (χ0) is 23.6. The van der Waals surface area contributed by atoms with Crippen molar-refractivity contribution in [3.8, 4) is 0 Å². The number of carbonyl (C=O) groups is 2. The summed E-state index contributed by atoms with van der Waals surface area (Å²) >= 11 is 1.08. The molecule has 9 nitrogen and oxygen atoms in total. The molecular formula is C22H28N4O5S2. The first kappa shape index (κ1) is 23.5. The Morgan fingerprint density at radius 1 is 1.06 bits per heavy atom. The molecule has 2 aliphatic heterocycles. The van der Waals surface area contributed by atoms with Gasteiger partial charge in [-0.3, -0.25) is 14.4 Å². The highest BCUT2D eigenvalue weighted by Gasteiger charge is 2.45. The Morgan fingerprint density at radius 3 is 2.33 bits per heavy atom. The van der Waals surface area contributed by atoms with Gasteiger partial charge < -0.3 is 15.7 Å². The van der Waals surface area contributed by atoms with Gasteiger partial charge in [0.1, 0.15) is 9.75 Å². The fraction of sp³-hybridized carbons (Fsp3) is 0.455. The van der Waals surface area contributed by atoms with E-state index in [9.17, 15) is 23.1 Å². The predicted octanol–water partition coefficient (Wildman–Crippen LogP) is 2.56. The minimum absolute atomic E-state index is 0.00549. The number of benzene rings is 1. The number of nitrogens with one attached hydrogen (secondary N) is 1. The van der Waals surface area contributed by atoms with E-state index in [2.05, 4.69) is 9.62 Å². The number of amides is 1. The van der Waals surface area contributed by atoms with Crippen LogP contribution < -0.4 is 15.4 Å². The number of thiophene rings is 1. The maximum Gasteiger partial charge on any atom is 0.337 e. The Labute approximate surface area is 197 Å². The van der Waals surface area contributed by atoms with Crippen LogP contribution in [0.5, 0.6) is 0 Å². The number of sulfonamides is 1. The quantitative estimate of drug-likeness (QED) is 0.541. The van der Waals surface area contributed by atoms with Crippen molar-refractivity contribution in [3.05, 3.63) is 41.3 Å². The van der Waals surface area contributed by atoms with Crippen LogP contribution >= 0.6 is 11.3 Å². The lowest BCUT2D eigenvalue weighted by Gasteiger charge is -2.48. The molecule has 0 spiro atoms. The van der Waals surface area contributed by atoms with Crippen LogP contribution in [0.25, 0.3) is 0 Å². The first-order chi connectivity index (χ1) is 15.7. The van der Waals surface area contributed by atoms with Gasteiger partial charge in [-0.05, 0) is 68.4 Å². The Kier molecular flexibility index (Phi) is 6.64. The molecule has 4 rings (SSSR count). The molecular weight excluding hydrogens is 464 g/mol. The van der Waals surface area contributed by atoms with Gasteiger partial charge in [0.25, 0.3) is 10.0 Å². The minimum atomic E-state index is -3.78. The molecule has 2 fully saturated rings. The molecule has 2 aromatic rings. The topological polar surface area (TPSA) is 133 Å². The van der Waals surface area contributed by atoms with Crippen LogP contribution in [0.3, 0.4) is 0 Å². The molecule has 178 valence electrons. The highest BCUT2D eigenvalue weighted by Crippen LogP contribution is 2.35. The number of nitrogens with two attached hydrogens (primary N) is 1. The van der Waals surface area contributed by atoms with Gasteiger partial charge >= 0.3 is 5.97 Å². The van der Waals surface area contributed by atoms with E-state index in [-0.39, 0.29) is 21.4 Å². The molecule has 0 unspecified atom stereocenters. The highest BCUT2D eigenvalue weighted by molar-refractivity contribution is 7.94. The second-order valence-electron chi connectivity index (χ2n) is 8.51. The number of carboxylic acid groups (broad SMARTS) is 1. The van der Waals surface area contributed by atoms with E-state index in [1.807, 2.05) is 4.90 Å². The van der Waals surface area contributed by atoms with E-state index in [1.54, 1.807) is 23.6 Å². The normalized spacial score (nSPS) is 19.2. The summed E-state index contributed by atoms with van der Waals surface area (Å²) in [6.45, 7) is 2.67. The van der Waals surface area contributed by atoms with Crippen LogP contribution in [0.15, 0.2) is 39.9 Å². The molecule has 1 aromatic carbocycles. The van der Waals surface area contributed by atoms with E-state index in [0.717, 1.165) is 43.7 Å². The second-order valence-corrected chi connectivity index (χ2v) is 11.4. The third kappa shape index (κ3) is 4.71. The van der Waals surface area contributed by atoms with E-state index in [0.29, 0.717) is 31.6 Å². The molecule has 2 aliphatic rings. The number of piperidine rings is 2. The Bertz CT molecular complexity index is 1120. The van der Waals surface area contributed by atoms with Crippen molar-refractivity contribution >= 4 is 44.6 Å². The second kappa shape index (κ2) is 9.32. The first-order valence-electron chi connectivity index (χ1n) is 11.0. The standard InChI is InChI=1S/C22H28N4O5S2/c23-21(29)22(26-10-2-1-3-11-26)8-12-25(13-9-22)18-7-6-16(15-17(18)20(27)28)24-33(30,31)19-5-4-14-32-19/h4-7,14-15,24H,1-3,8-13H2,(H2,23,29)(H,27,28). The van der Waals surface area contributed by atoms with Crippen molar-refractivity contribution in [2.24, 2.45) is 5.73 Å². The lowest BCUT2D eigenvalue weighted by atomic mass is 9.83. The van der Waals surface area contributed by atoms with Crippen LogP contribution in [0.2, 0.25) is 0 Å². The smallest absolute Gasteiger partial charge is 0.337 e. The van der Waals surface area contributed by atoms with Crippen LogP contribution in [0.1, 0.15) is 42.5 Å². The van der Waals surface area contributed by atoms with Gasteiger partial charge in [-0.15, -0.1) is 11.3 Å². The van der Waals surface area contributed by atoms with Crippen LogP contribution in [-0.4, -0.2) is 62.0 Å². The number of anilines is 2. The zero-order valence-electron chi connectivity index (χ0n) is 18.2.